The minimum absolute atomic E-state index is 0.512. The SMILES string of the molecule is CC(C)Cc1cn(P(=O)(O)C(C)(C)C)[c-][n+]1C. The van der Waals surface area contributed by atoms with Crippen LogP contribution in [-0.2, 0) is 18.0 Å². The molecule has 0 aliphatic heterocycles. The van der Waals surface area contributed by atoms with Crippen molar-refractivity contribution in [2.24, 2.45) is 13.0 Å². The van der Waals surface area contributed by atoms with E-state index in [2.05, 4.69) is 20.2 Å². The summed E-state index contributed by atoms with van der Waals surface area (Å²) >= 11 is 0. The highest BCUT2D eigenvalue weighted by Crippen LogP contribution is 2.54. The first kappa shape index (κ1) is 14.5. The molecule has 0 bridgehead atoms. The second kappa shape index (κ2) is 4.58. The van der Waals surface area contributed by atoms with Gasteiger partial charge in [0.25, 0.3) is 0 Å². The molecule has 1 heterocycles. The molecule has 0 saturated carbocycles. The van der Waals surface area contributed by atoms with Crippen LogP contribution in [0, 0.1) is 12.2 Å². The molecule has 0 fully saturated rings. The molecule has 0 aliphatic rings. The molecule has 0 amide bonds. The predicted molar refractivity (Wildman–Crippen MR) is 68.0 cm³/mol. The van der Waals surface area contributed by atoms with E-state index in [9.17, 15) is 9.46 Å². The van der Waals surface area contributed by atoms with Gasteiger partial charge in [-0.25, -0.2) is 4.57 Å². The van der Waals surface area contributed by atoms with Crippen LogP contribution >= 0.6 is 7.52 Å². The summed E-state index contributed by atoms with van der Waals surface area (Å²) in [6.45, 7) is 9.55. The number of aromatic nitrogens is 2. The Morgan fingerprint density at radius 2 is 2.06 bits per heavy atom. The fourth-order valence-corrected chi connectivity index (χ4v) is 2.74. The van der Waals surface area contributed by atoms with Crippen LogP contribution in [0.25, 0.3) is 0 Å². The Morgan fingerprint density at radius 3 is 2.47 bits per heavy atom. The van der Waals surface area contributed by atoms with Crippen LogP contribution in [0.5, 0.6) is 0 Å². The van der Waals surface area contributed by atoms with Crippen molar-refractivity contribution in [2.45, 2.75) is 46.2 Å². The van der Waals surface area contributed by atoms with Crippen LogP contribution in [0.15, 0.2) is 6.20 Å². The van der Waals surface area contributed by atoms with Crippen molar-refractivity contribution in [3.05, 3.63) is 18.2 Å². The third kappa shape index (κ3) is 2.99. The van der Waals surface area contributed by atoms with Gasteiger partial charge in [-0.1, -0.05) is 19.8 Å². The van der Waals surface area contributed by atoms with Crippen LogP contribution in [0.4, 0.5) is 0 Å². The van der Waals surface area contributed by atoms with Gasteiger partial charge in [0.2, 0.25) is 6.33 Å². The Morgan fingerprint density at radius 1 is 1.53 bits per heavy atom. The van der Waals surface area contributed by atoms with Crippen LogP contribution in [0.1, 0.15) is 40.3 Å². The third-order valence-electron chi connectivity index (χ3n) is 2.74. The molecule has 98 valence electrons. The van der Waals surface area contributed by atoms with Crippen molar-refractivity contribution in [1.29, 1.82) is 0 Å². The normalized spacial score (nSPS) is 16.2. The van der Waals surface area contributed by atoms with Crippen molar-refractivity contribution >= 4 is 7.52 Å². The molecule has 1 aromatic rings. The molecule has 0 aliphatic carbocycles. The van der Waals surface area contributed by atoms with Crippen molar-refractivity contribution < 1.29 is 14.0 Å². The number of rotatable bonds is 3. The molecule has 17 heavy (non-hydrogen) atoms. The van der Waals surface area contributed by atoms with Crippen LogP contribution in [0.2, 0.25) is 0 Å². The van der Waals surface area contributed by atoms with Crippen molar-refractivity contribution in [3.8, 4) is 0 Å². The smallest absolute Gasteiger partial charge is 0.351 e. The lowest BCUT2D eigenvalue weighted by atomic mass is 10.1. The highest BCUT2D eigenvalue weighted by atomic mass is 31.2. The summed E-state index contributed by atoms with van der Waals surface area (Å²) in [5, 5.41) is -0.676. The number of imidazole rings is 1. The van der Waals surface area contributed by atoms with E-state index in [1.165, 1.54) is 4.34 Å². The van der Waals surface area contributed by atoms with Gasteiger partial charge in [-0.15, -0.1) is 0 Å². The zero-order valence-electron chi connectivity index (χ0n) is 11.6. The van der Waals surface area contributed by atoms with Gasteiger partial charge >= 0.3 is 7.52 Å². The largest absolute Gasteiger partial charge is 0.360 e. The van der Waals surface area contributed by atoms with Crippen LogP contribution < -0.4 is 4.57 Å². The lowest BCUT2D eigenvalue weighted by Crippen LogP contribution is -2.31. The van der Waals surface area contributed by atoms with Crippen LogP contribution in [0.3, 0.4) is 0 Å². The molecule has 1 atom stereocenters. The van der Waals surface area contributed by atoms with E-state index < -0.39 is 12.7 Å². The van der Waals surface area contributed by atoms with Gasteiger partial charge < -0.3 is 9.46 Å². The van der Waals surface area contributed by atoms with Gasteiger partial charge in [0.15, 0.2) is 0 Å². The van der Waals surface area contributed by atoms with E-state index in [4.69, 9.17) is 0 Å². The summed E-state index contributed by atoms with van der Waals surface area (Å²) in [5.74, 6) is 0.512. The third-order valence-corrected chi connectivity index (χ3v) is 5.27. The summed E-state index contributed by atoms with van der Waals surface area (Å²) in [5.41, 5.74) is 1.03. The summed E-state index contributed by atoms with van der Waals surface area (Å²) in [7, 11) is -1.58. The fraction of sp³-hybridized carbons (Fsp3) is 0.750. The Balaban J connectivity index is 3.14. The summed E-state index contributed by atoms with van der Waals surface area (Å²) in [6.07, 6.45) is 5.54. The first-order valence-electron chi connectivity index (χ1n) is 5.89. The second-order valence-electron chi connectivity index (χ2n) is 5.94. The highest BCUT2D eigenvalue weighted by Gasteiger charge is 2.39. The first-order chi connectivity index (χ1) is 7.55. The maximum Gasteiger partial charge on any atom is 0.360 e. The number of aryl methyl sites for hydroxylation is 1. The topological polar surface area (TPSA) is 46.1 Å². The molecule has 0 spiro atoms. The average molecular weight is 258 g/mol. The van der Waals surface area contributed by atoms with Gasteiger partial charge in [-0.2, -0.15) is 0 Å². The molecule has 5 heteroatoms. The van der Waals surface area contributed by atoms with Gasteiger partial charge in [0.1, 0.15) is 0 Å². The Kier molecular flexibility index (Phi) is 3.90. The number of nitrogens with zero attached hydrogens (tertiary/aromatic N) is 2. The van der Waals surface area contributed by atoms with E-state index in [0.717, 1.165) is 12.1 Å². The van der Waals surface area contributed by atoms with Crippen molar-refractivity contribution in [1.82, 2.24) is 4.34 Å². The van der Waals surface area contributed by atoms with Gasteiger partial charge in [0.05, 0.1) is 12.2 Å². The molecular weight excluding hydrogens is 235 g/mol. The number of hydrogen-bond acceptors (Lipinski definition) is 1. The van der Waals surface area contributed by atoms with E-state index in [1.54, 1.807) is 31.5 Å². The molecule has 1 unspecified atom stereocenters. The monoisotopic (exact) mass is 258 g/mol. The Bertz CT molecular complexity index is 444. The quantitative estimate of drug-likeness (QED) is 0.513. The lowest BCUT2D eigenvalue weighted by molar-refractivity contribution is -0.682. The molecule has 1 aromatic heterocycles. The Labute approximate surface area is 104 Å². The Hall–Kier alpha value is -0.600. The molecule has 0 aromatic carbocycles. The molecule has 1 rings (SSSR count). The minimum Gasteiger partial charge on any atom is -0.351 e. The minimum atomic E-state index is -3.44. The van der Waals surface area contributed by atoms with Crippen LogP contribution in [-0.4, -0.2) is 14.4 Å². The molecule has 1 N–H and O–H groups in total. The van der Waals surface area contributed by atoms with Gasteiger partial charge in [0, 0.05) is 0 Å². The fourth-order valence-electron chi connectivity index (χ4n) is 1.54. The second-order valence-corrected chi connectivity index (χ2v) is 8.80. The maximum atomic E-state index is 12.4. The lowest BCUT2D eigenvalue weighted by Gasteiger charge is -2.24. The average Bonchev–Trinajstić information content (AvgIpc) is 2.45. The first-order valence-corrected chi connectivity index (χ1v) is 7.50. The molecule has 0 saturated heterocycles. The summed E-state index contributed by atoms with van der Waals surface area (Å²) in [4.78, 5) is 10.2. The van der Waals surface area contributed by atoms with E-state index in [-0.39, 0.29) is 0 Å². The zero-order valence-corrected chi connectivity index (χ0v) is 12.5. The van der Waals surface area contributed by atoms with E-state index in [0.29, 0.717) is 5.92 Å². The van der Waals surface area contributed by atoms with Gasteiger partial charge in [-0.3, -0.25) is 4.34 Å². The standard InChI is InChI=1S/C12H23N2O2P/c1-10(2)7-11-8-14(9-13(11)6)17(15,16)12(3,4)5/h8,10H,7H2,1-6H3,(H,15,16). The zero-order chi connectivity index (χ0) is 13.4. The molecule has 4 nitrogen and oxygen atoms in total. The highest BCUT2D eigenvalue weighted by molar-refractivity contribution is 7.57. The summed E-state index contributed by atoms with van der Waals surface area (Å²) in [6, 6.07) is 0. The number of hydrogen-bond donors (Lipinski definition) is 1. The van der Waals surface area contributed by atoms with Gasteiger partial charge in [-0.05, 0) is 39.1 Å². The van der Waals surface area contributed by atoms with E-state index >= 15 is 0 Å². The van der Waals surface area contributed by atoms with Crippen molar-refractivity contribution in [3.63, 3.8) is 0 Å². The van der Waals surface area contributed by atoms with E-state index in [1.807, 2.05) is 7.05 Å². The molecule has 0 radical (unpaired) electrons. The summed E-state index contributed by atoms with van der Waals surface area (Å²) < 4.78 is 15.5. The molecular formula is C12H23N2O2P. The maximum absolute atomic E-state index is 12.4. The predicted octanol–water partition coefficient (Wildman–Crippen LogP) is 2.14. The van der Waals surface area contributed by atoms with Crippen molar-refractivity contribution in [2.75, 3.05) is 0 Å².